The molecule has 0 aromatic carbocycles. The maximum absolute atomic E-state index is 3.34. The van der Waals surface area contributed by atoms with Crippen LogP contribution >= 0.6 is 24.8 Å². The molecule has 0 radical (unpaired) electrons. The molecule has 14 heavy (non-hydrogen) atoms. The van der Waals surface area contributed by atoms with Crippen molar-refractivity contribution in [2.45, 2.75) is 12.8 Å². The average molecular weight is 239 g/mol. The normalized spacial score (nSPS) is 16.2. The highest BCUT2D eigenvalue weighted by Gasteiger charge is 2.08. The first kappa shape index (κ1) is 16.5. The Morgan fingerprint density at radius 2 is 1.79 bits per heavy atom. The van der Waals surface area contributed by atoms with Crippen LogP contribution in [0.15, 0.2) is 0 Å². The number of rotatable bonds is 1. The van der Waals surface area contributed by atoms with E-state index >= 15 is 0 Å². The van der Waals surface area contributed by atoms with E-state index in [1.165, 1.54) is 12.8 Å². The van der Waals surface area contributed by atoms with E-state index in [1.54, 1.807) is 0 Å². The minimum Gasteiger partial charge on any atom is -0.317 e. The summed E-state index contributed by atoms with van der Waals surface area (Å²) in [6, 6.07) is 0. The molecule has 0 aromatic heterocycles. The minimum absolute atomic E-state index is 0. The molecule has 0 bridgehead atoms. The van der Waals surface area contributed by atoms with Gasteiger partial charge in [-0.3, -0.25) is 4.90 Å². The first-order valence-electron chi connectivity index (χ1n) is 4.63. The molecule has 0 unspecified atom stereocenters. The van der Waals surface area contributed by atoms with Gasteiger partial charge in [-0.1, -0.05) is 11.8 Å². The molecule has 0 aromatic rings. The van der Waals surface area contributed by atoms with Crippen LogP contribution in [0, 0.1) is 17.8 Å². The second-order valence-corrected chi connectivity index (χ2v) is 3.58. The lowest BCUT2D eigenvalue weighted by atomic mass is 9.99. The fourth-order valence-electron chi connectivity index (χ4n) is 1.31. The molecule has 1 N–H and O–H groups in total. The summed E-state index contributed by atoms with van der Waals surface area (Å²) >= 11 is 0. The number of hydrogen-bond donors (Lipinski definition) is 1. The number of nitrogens with zero attached hydrogens (tertiary/aromatic N) is 1. The molecular weight excluding hydrogens is 219 g/mol. The zero-order chi connectivity index (χ0) is 8.81. The Balaban J connectivity index is 0. The van der Waals surface area contributed by atoms with Crippen molar-refractivity contribution in [2.75, 3.05) is 33.7 Å². The molecule has 0 saturated carbocycles. The average Bonchev–Trinajstić information content (AvgIpc) is 2.05. The molecule has 0 atom stereocenters. The molecule has 0 amide bonds. The number of piperidine rings is 1. The van der Waals surface area contributed by atoms with Crippen molar-refractivity contribution >= 4 is 24.8 Å². The Bertz CT molecular complexity index is 178. The van der Waals surface area contributed by atoms with E-state index in [4.69, 9.17) is 0 Å². The van der Waals surface area contributed by atoms with E-state index in [0.29, 0.717) is 5.92 Å². The fourth-order valence-corrected chi connectivity index (χ4v) is 1.31. The molecule has 1 rings (SSSR count). The first-order valence-corrected chi connectivity index (χ1v) is 4.63. The van der Waals surface area contributed by atoms with Gasteiger partial charge in [0.2, 0.25) is 0 Å². The van der Waals surface area contributed by atoms with Crippen LogP contribution in [0.25, 0.3) is 0 Å². The van der Waals surface area contributed by atoms with Gasteiger partial charge < -0.3 is 5.32 Å². The topological polar surface area (TPSA) is 15.3 Å². The molecule has 84 valence electrons. The van der Waals surface area contributed by atoms with Gasteiger partial charge in [-0.2, -0.15) is 0 Å². The molecule has 1 aliphatic rings. The van der Waals surface area contributed by atoms with E-state index in [9.17, 15) is 0 Å². The molecule has 1 aliphatic heterocycles. The van der Waals surface area contributed by atoms with Crippen molar-refractivity contribution in [3.8, 4) is 11.8 Å². The van der Waals surface area contributed by atoms with Crippen molar-refractivity contribution < 1.29 is 0 Å². The molecule has 4 heteroatoms. The van der Waals surface area contributed by atoms with Gasteiger partial charge in [0.05, 0.1) is 6.54 Å². The summed E-state index contributed by atoms with van der Waals surface area (Å²) in [6.07, 6.45) is 2.45. The van der Waals surface area contributed by atoms with Gasteiger partial charge in [-0.15, -0.1) is 24.8 Å². The smallest absolute Gasteiger partial charge is 0.0596 e. The van der Waals surface area contributed by atoms with E-state index in [2.05, 4.69) is 36.2 Å². The number of halogens is 2. The highest BCUT2D eigenvalue weighted by Crippen LogP contribution is 2.09. The van der Waals surface area contributed by atoms with E-state index in [1.807, 2.05) is 0 Å². The van der Waals surface area contributed by atoms with E-state index < -0.39 is 0 Å². The van der Waals surface area contributed by atoms with Gasteiger partial charge in [0, 0.05) is 5.92 Å². The number of nitrogens with one attached hydrogen (secondary N) is 1. The maximum Gasteiger partial charge on any atom is 0.0596 e. The van der Waals surface area contributed by atoms with Crippen molar-refractivity contribution in [1.82, 2.24) is 10.2 Å². The van der Waals surface area contributed by atoms with Crippen LogP contribution in [0.1, 0.15) is 12.8 Å². The minimum atomic E-state index is 0. The monoisotopic (exact) mass is 238 g/mol. The fraction of sp³-hybridized carbons (Fsp3) is 0.800. The molecule has 1 saturated heterocycles. The van der Waals surface area contributed by atoms with Crippen molar-refractivity contribution in [3.05, 3.63) is 0 Å². The second-order valence-electron chi connectivity index (χ2n) is 3.58. The largest absolute Gasteiger partial charge is 0.317 e. The summed E-state index contributed by atoms with van der Waals surface area (Å²) in [5, 5.41) is 3.34. The van der Waals surface area contributed by atoms with Crippen LogP contribution in [0.3, 0.4) is 0 Å². The number of hydrogen-bond acceptors (Lipinski definition) is 2. The third-order valence-electron chi connectivity index (χ3n) is 2.04. The molecule has 0 spiro atoms. The Morgan fingerprint density at radius 3 is 2.29 bits per heavy atom. The highest BCUT2D eigenvalue weighted by atomic mass is 35.5. The first-order chi connectivity index (χ1) is 5.79. The van der Waals surface area contributed by atoms with Gasteiger partial charge in [0.15, 0.2) is 0 Å². The lowest BCUT2D eigenvalue weighted by molar-refractivity contribution is 0.443. The Hall–Kier alpha value is 0.0600. The molecule has 1 fully saturated rings. The van der Waals surface area contributed by atoms with Gasteiger partial charge in [0.25, 0.3) is 0 Å². The summed E-state index contributed by atoms with van der Waals surface area (Å²) in [5.41, 5.74) is 0. The van der Waals surface area contributed by atoms with Gasteiger partial charge >= 0.3 is 0 Å². The predicted molar refractivity (Wildman–Crippen MR) is 66.4 cm³/mol. The van der Waals surface area contributed by atoms with Gasteiger partial charge in [-0.05, 0) is 40.0 Å². The summed E-state index contributed by atoms with van der Waals surface area (Å²) in [4.78, 5) is 2.11. The maximum atomic E-state index is 3.34. The zero-order valence-electron chi connectivity index (χ0n) is 8.88. The van der Waals surface area contributed by atoms with E-state index in [-0.39, 0.29) is 24.8 Å². The molecular formula is C10H20Cl2N2. The lowest BCUT2D eigenvalue weighted by Crippen LogP contribution is -2.27. The Morgan fingerprint density at radius 1 is 1.21 bits per heavy atom. The van der Waals surface area contributed by atoms with E-state index in [0.717, 1.165) is 19.6 Å². The zero-order valence-corrected chi connectivity index (χ0v) is 10.5. The third-order valence-corrected chi connectivity index (χ3v) is 2.04. The van der Waals surface area contributed by atoms with Crippen molar-refractivity contribution in [3.63, 3.8) is 0 Å². The van der Waals surface area contributed by atoms with Crippen LogP contribution in [-0.4, -0.2) is 38.6 Å². The van der Waals surface area contributed by atoms with Crippen LogP contribution in [0.2, 0.25) is 0 Å². The molecule has 1 heterocycles. The summed E-state index contributed by atoms with van der Waals surface area (Å²) in [6.45, 7) is 3.17. The predicted octanol–water partition coefficient (Wildman–Crippen LogP) is 1.39. The van der Waals surface area contributed by atoms with Gasteiger partial charge in [-0.25, -0.2) is 0 Å². The van der Waals surface area contributed by atoms with Crippen LogP contribution < -0.4 is 5.32 Å². The van der Waals surface area contributed by atoms with Crippen LogP contribution in [0.4, 0.5) is 0 Å². The SMILES string of the molecule is CN(C)CC#CC1CCNCC1.Cl.Cl. The summed E-state index contributed by atoms with van der Waals surface area (Å²) < 4.78 is 0. The second kappa shape index (κ2) is 9.61. The Kier molecular flexibility index (Phi) is 11.3. The standard InChI is InChI=1S/C10H18N2.2ClH/c1-12(2)9-3-4-10-5-7-11-8-6-10;;/h10-11H,5-9H2,1-2H3;2*1H. The summed E-state index contributed by atoms with van der Waals surface area (Å²) in [7, 11) is 4.11. The third kappa shape index (κ3) is 7.46. The van der Waals surface area contributed by atoms with Gasteiger partial charge in [0.1, 0.15) is 0 Å². The van der Waals surface area contributed by atoms with Crippen LogP contribution in [0.5, 0.6) is 0 Å². The molecule has 0 aliphatic carbocycles. The molecule has 2 nitrogen and oxygen atoms in total. The summed E-state index contributed by atoms with van der Waals surface area (Å²) in [5.74, 6) is 7.17. The Labute approximate surface area is 99.6 Å². The highest BCUT2D eigenvalue weighted by molar-refractivity contribution is 5.85. The quantitative estimate of drug-likeness (QED) is 0.696. The van der Waals surface area contributed by atoms with Crippen molar-refractivity contribution in [1.29, 1.82) is 0 Å². The van der Waals surface area contributed by atoms with Crippen molar-refractivity contribution in [2.24, 2.45) is 5.92 Å². The van der Waals surface area contributed by atoms with Crippen LogP contribution in [-0.2, 0) is 0 Å². The lowest BCUT2D eigenvalue weighted by Gasteiger charge is -2.17.